The minimum Gasteiger partial charge on any atom is -0.460 e. The lowest BCUT2D eigenvalue weighted by Crippen LogP contribution is -2.59. The zero-order valence-electron chi connectivity index (χ0n) is 24.2. The number of hydrogen-bond acceptors (Lipinski definition) is 7. The van der Waals surface area contributed by atoms with Crippen molar-refractivity contribution in [3.8, 4) is 0 Å². The number of allylic oxidation sites excluding steroid dienone is 1. The number of carbonyl (C=O) groups is 4. The Balaban J connectivity index is 1.63. The number of ether oxygens (including phenoxy) is 2. The lowest BCUT2D eigenvalue weighted by atomic mass is 9.70. The normalized spacial score (nSPS) is 27.2. The molecule has 0 unspecified atom stereocenters. The molecule has 4 rings (SSSR count). The average molecular weight is 602 g/mol. The Morgan fingerprint density at radius 2 is 2.00 bits per heavy atom. The van der Waals surface area contributed by atoms with Gasteiger partial charge in [-0.05, 0) is 56.9 Å². The predicted molar refractivity (Wildman–Crippen MR) is 158 cm³/mol. The molecule has 3 aliphatic rings. The van der Waals surface area contributed by atoms with E-state index < -0.39 is 53.6 Å². The van der Waals surface area contributed by atoms with Crippen LogP contribution in [0.2, 0.25) is 5.02 Å². The lowest BCUT2D eigenvalue weighted by Gasteiger charge is -2.39. The molecule has 10 nitrogen and oxygen atoms in total. The number of likely N-dealkylation sites (tertiary alicyclic amines) is 1. The van der Waals surface area contributed by atoms with Crippen LogP contribution in [0.15, 0.2) is 49.6 Å². The second-order valence-electron chi connectivity index (χ2n) is 11.1. The van der Waals surface area contributed by atoms with E-state index in [1.54, 1.807) is 43.3 Å². The van der Waals surface area contributed by atoms with Crippen LogP contribution in [0.4, 0.5) is 5.69 Å². The molecule has 3 heterocycles. The standard InChI is InChI=1S/C31H40ClN3O7/c1-5-8-9-24(37)33-17-19(4)41-30(40)25-23-14-15-31(42-23)26(25)28(38)35(21(7-3)18-36)27(31)29(39)34(16-6-2)22-12-10-20(32)11-13-22/h5-6,10-13,19,21,23,25-27,36H,1-2,7-9,14-18H2,3-4H3,(H,33,37)/t19-,21+,23+,25-,26-,27+,31-/m1/s1. The number of fused-ring (bicyclic) bond motifs is 1. The Labute approximate surface area is 251 Å². The van der Waals surface area contributed by atoms with Crippen molar-refractivity contribution in [3.05, 3.63) is 54.6 Å². The van der Waals surface area contributed by atoms with Crippen molar-refractivity contribution in [2.45, 2.75) is 75.8 Å². The molecule has 3 aliphatic heterocycles. The molecular weight excluding hydrogens is 562 g/mol. The van der Waals surface area contributed by atoms with Gasteiger partial charge in [0.2, 0.25) is 11.8 Å². The number of carbonyl (C=O) groups excluding carboxylic acids is 4. The van der Waals surface area contributed by atoms with E-state index in [0.29, 0.717) is 36.4 Å². The molecule has 0 aliphatic carbocycles. The Bertz CT molecular complexity index is 1200. The molecule has 7 atom stereocenters. The quantitative estimate of drug-likeness (QED) is 0.248. The number of anilines is 1. The van der Waals surface area contributed by atoms with E-state index in [2.05, 4.69) is 18.5 Å². The van der Waals surface area contributed by atoms with Crippen LogP contribution < -0.4 is 10.2 Å². The van der Waals surface area contributed by atoms with Gasteiger partial charge in [0, 0.05) is 23.7 Å². The average Bonchev–Trinajstić information content (AvgIpc) is 3.62. The first-order chi connectivity index (χ1) is 20.1. The SMILES string of the molecule is C=CCCC(=O)NC[C@@H](C)OC(=O)[C@@H]1[C@@H]2CC[C@]3(O2)[C@H](C(=O)N(CC=C)c2ccc(Cl)cc2)N([C@@H](CC)CO)C(=O)[C@@H]13. The number of hydrogen-bond donors (Lipinski definition) is 2. The second-order valence-corrected chi connectivity index (χ2v) is 11.6. The summed E-state index contributed by atoms with van der Waals surface area (Å²) in [6.07, 6.45) is 4.13. The summed E-state index contributed by atoms with van der Waals surface area (Å²) in [6.45, 7) is 10.8. The number of aliphatic hydroxyl groups is 1. The summed E-state index contributed by atoms with van der Waals surface area (Å²) in [5.74, 6) is -3.42. The molecule has 1 aromatic rings. The molecule has 1 aromatic carbocycles. The molecule has 2 N–H and O–H groups in total. The lowest BCUT2D eigenvalue weighted by molar-refractivity contribution is -0.159. The van der Waals surface area contributed by atoms with Crippen LogP contribution in [0.25, 0.3) is 0 Å². The van der Waals surface area contributed by atoms with Crippen molar-refractivity contribution in [1.82, 2.24) is 10.2 Å². The zero-order valence-corrected chi connectivity index (χ0v) is 24.9. The first-order valence-electron chi connectivity index (χ1n) is 14.5. The van der Waals surface area contributed by atoms with Crippen molar-refractivity contribution in [2.24, 2.45) is 11.8 Å². The molecule has 3 amide bonds. The van der Waals surface area contributed by atoms with Gasteiger partial charge in [-0.1, -0.05) is 30.7 Å². The van der Waals surface area contributed by atoms with E-state index in [1.807, 2.05) is 6.92 Å². The largest absolute Gasteiger partial charge is 0.460 e. The van der Waals surface area contributed by atoms with E-state index >= 15 is 0 Å². The minimum atomic E-state index is -1.25. The summed E-state index contributed by atoms with van der Waals surface area (Å²) in [5, 5.41) is 13.5. The van der Waals surface area contributed by atoms with Crippen LogP contribution in [0, 0.1) is 11.8 Å². The number of nitrogens with one attached hydrogen (secondary N) is 1. The fraction of sp³-hybridized carbons (Fsp3) is 0.548. The Hall–Kier alpha value is -3.21. The van der Waals surface area contributed by atoms with Gasteiger partial charge in [0.25, 0.3) is 5.91 Å². The fourth-order valence-electron chi connectivity index (χ4n) is 6.56. The maximum absolute atomic E-state index is 14.4. The summed E-state index contributed by atoms with van der Waals surface area (Å²) >= 11 is 6.09. The molecule has 11 heteroatoms. The van der Waals surface area contributed by atoms with E-state index in [1.165, 1.54) is 9.80 Å². The van der Waals surface area contributed by atoms with Gasteiger partial charge >= 0.3 is 5.97 Å². The highest BCUT2D eigenvalue weighted by molar-refractivity contribution is 6.30. The molecular formula is C31H40ClN3O7. The molecule has 2 bridgehead atoms. The third-order valence-corrected chi connectivity index (χ3v) is 8.77. The summed E-state index contributed by atoms with van der Waals surface area (Å²) in [6, 6.07) is 5.07. The van der Waals surface area contributed by atoms with Crippen LogP contribution in [0.3, 0.4) is 0 Å². The predicted octanol–water partition coefficient (Wildman–Crippen LogP) is 3.02. The highest BCUT2D eigenvalue weighted by atomic mass is 35.5. The van der Waals surface area contributed by atoms with Gasteiger partial charge in [0.1, 0.15) is 17.7 Å². The van der Waals surface area contributed by atoms with Crippen molar-refractivity contribution >= 4 is 41.0 Å². The van der Waals surface area contributed by atoms with E-state index in [-0.39, 0.29) is 37.9 Å². The zero-order chi connectivity index (χ0) is 30.6. The second kappa shape index (κ2) is 13.4. The van der Waals surface area contributed by atoms with Crippen molar-refractivity contribution in [2.75, 3.05) is 24.6 Å². The van der Waals surface area contributed by atoms with Crippen molar-refractivity contribution in [1.29, 1.82) is 0 Å². The monoisotopic (exact) mass is 601 g/mol. The molecule has 1 spiro atoms. The third kappa shape index (κ3) is 5.85. The van der Waals surface area contributed by atoms with Crippen molar-refractivity contribution < 1.29 is 33.8 Å². The molecule has 0 radical (unpaired) electrons. The molecule has 3 saturated heterocycles. The first-order valence-corrected chi connectivity index (χ1v) is 14.9. The van der Waals surface area contributed by atoms with Gasteiger partial charge in [-0.3, -0.25) is 19.2 Å². The number of esters is 1. The van der Waals surface area contributed by atoms with Gasteiger partial charge in [-0.2, -0.15) is 0 Å². The maximum Gasteiger partial charge on any atom is 0.312 e. The number of nitrogens with zero attached hydrogens (tertiary/aromatic N) is 2. The number of benzene rings is 1. The van der Waals surface area contributed by atoms with E-state index in [0.717, 1.165) is 0 Å². The minimum absolute atomic E-state index is 0.122. The van der Waals surface area contributed by atoms with Gasteiger partial charge in [-0.15, -0.1) is 13.2 Å². The summed E-state index contributed by atoms with van der Waals surface area (Å²) in [7, 11) is 0. The van der Waals surface area contributed by atoms with Crippen LogP contribution in [-0.4, -0.2) is 83.3 Å². The fourth-order valence-corrected chi connectivity index (χ4v) is 6.69. The van der Waals surface area contributed by atoms with E-state index in [9.17, 15) is 24.3 Å². The maximum atomic E-state index is 14.4. The Morgan fingerprint density at radius 3 is 2.62 bits per heavy atom. The van der Waals surface area contributed by atoms with Crippen LogP contribution in [-0.2, 0) is 28.7 Å². The van der Waals surface area contributed by atoms with Gasteiger partial charge in [-0.25, -0.2) is 0 Å². The van der Waals surface area contributed by atoms with Gasteiger partial charge < -0.3 is 29.7 Å². The summed E-state index contributed by atoms with van der Waals surface area (Å²) < 4.78 is 12.2. The topological polar surface area (TPSA) is 125 Å². The highest BCUT2D eigenvalue weighted by Crippen LogP contribution is 2.59. The number of aliphatic hydroxyl groups excluding tert-OH is 1. The van der Waals surface area contributed by atoms with E-state index in [4.69, 9.17) is 21.1 Å². The molecule has 0 saturated carbocycles. The Kier molecular flexibility index (Phi) is 10.1. The number of rotatable bonds is 14. The molecule has 42 heavy (non-hydrogen) atoms. The third-order valence-electron chi connectivity index (χ3n) is 8.52. The number of halogens is 1. The van der Waals surface area contributed by atoms with Crippen LogP contribution in [0.5, 0.6) is 0 Å². The van der Waals surface area contributed by atoms with Crippen LogP contribution >= 0.6 is 11.6 Å². The molecule has 228 valence electrons. The number of amides is 3. The van der Waals surface area contributed by atoms with Gasteiger partial charge in [0.15, 0.2) is 0 Å². The smallest absolute Gasteiger partial charge is 0.312 e. The van der Waals surface area contributed by atoms with Gasteiger partial charge in [0.05, 0.1) is 37.1 Å². The van der Waals surface area contributed by atoms with Crippen LogP contribution in [0.1, 0.15) is 46.0 Å². The Morgan fingerprint density at radius 1 is 1.29 bits per heavy atom. The highest BCUT2D eigenvalue weighted by Gasteiger charge is 2.75. The molecule has 3 fully saturated rings. The summed E-state index contributed by atoms with van der Waals surface area (Å²) in [4.78, 5) is 57.1. The molecule has 0 aromatic heterocycles. The van der Waals surface area contributed by atoms with Crippen molar-refractivity contribution in [3.63, 3.8) is 0 Å². The summed E-state index contributed by atoms with van der Waals surface area (Å²) in [5.41, 5.74) is -0.680. The first kappa shape index (κ1) is 31.7.